The van der Waals surface area contributed by atoms with Gasteiger partial charge in [-0.3, -0.25) is 9.69 Å². The summed E-state index contributed by atoms with van der Waals surface area (Å²) in [5.41, 5.74) is 1.08. The number of anilines is 1. The van der Waals surface area contributed by atoms with Gasteiger partial charge < -0.3 is 10.2 Å². The van der Waals surface area contributed by atoms with Crippen molar-refractivity contribution in [2.45, 2.75) is 32.2 Å². The van der Waals surface area contributed by atoms with Gasteiger partial charge in [-0.25, -0.2) is 9.97 Å². The van der Waals surface area contributed by atoms with Crippen molar-refractivity contribution < 1.29 is 4.79 Å². The number of rotatable bonds is 6. The van der Waals surface area contributed by atoms with Crippen LogP contribution in [-0.2, 0) is 4.79 Å². The molecule has 1 aliphatic heterocycles. The van der Waals surface area contributed by atoms with E-state index in [0.29, 0.717) is 18.5 Å². The summed E-state index contributed by atoms with van der Waals surface area (Å²) in [5.74, 6) is 1.47. The molecule has 0 bridgehead atoms. The second kappa shape index (κ2) is 6.85. The molecule has 1 N–H and O–H groups in total. The largest absolute Gasteiger partial charge is 0.365 e. The van der Waals surface area contributed by atoms with Crippen molar-refractivity contribution in [3.63, 3.8) is 0 Å². The lowest BCUT2D eigenvalue weighted by molar-refractivity contribution is -0.130. The molecule has 0 radical (unpaired) electrons. The molecule has 116 valence electrons. The van der Waals surface area contributed by atoms with Crippen molar-refractivity contribution in [2.75, 3.05) is 39.0 Å². The molecule has 21 heavy (non-hydrogen) atoms. The van der Waals surface area contributed by atoms with Crippen LogP contribution in [0.4, 0.5) is 5.82 Å². The number of carbonyl (C=O) groups excluding carboxylic acids is 1. The zero-order valence-corrected chi connectivity index (χ0v) is 13.3. The number of nitrogens with one attached hydrogen (secondary N) is 1. The molecule has 6 heteroatoms. The van der Waals surface area contributed by atoms with Gasteiger partial charge in [-0.2, -0.15) is 0 Å². The van der Waals surface area contributed by atoms with Crippen LogP contribution in [0.3, 0.4) is 0 Å². The Bertz CT molecular complexity index is 485. The van der Waals surface area contributed by atoms with Crippen LogP contribution in [0.25, 0.3) is 0 Å². The van der Waals surface area contributed by atoms with Gasteiger partial charge in [0, 0.05) is 38.9 Å². The van der Waals surface area contributed by atoms with Crippen molar-refractivity contribution in [1.29, 1.82) is 0 Å². The first-order chi connectivity index (χ1) is 9.99. The standard InChI is InChI=1S/C15H25N5O/c1-5-11(2)13-6-14(17-10-16-13)18-12-7-20(8-12)9-15(21)19(3)4/h6,10-12H,5,7-9H2,1-4H3,(H,16,17,18). The molecular weight excluding hydrogens is 266 g/mol. The van der Waals surface area contributed by atoms with Gasteiger partial charge in [0.25, 0.3) is 0 Å². The Hall–Kier alpha value is -1.69. The van der Waals surface area contributed by atoms with Crippen molar-refractivity contribution in [2.24, 2.45) is 0 Å². The highest BCUT2D eigenvalue weighted by Gasteiger charge is 2.28. The molecular formula is C15H25N5O. The maximum atomic E-state index is 11.6. The Labute approximate surface area is 126 Å². The molecule has 6 nitrogen and oxygen atoms in total. The van der Waals surface area contributed by atoms with E-state index in [0.717, 1.165) is 31.0 Å². The van der Waals surface area contributed by atoms with E-state index in [1.165, 1.54) is 0 Å². The highest BCUT2D eigenvalue weighted by Crippen LogP contribution is 2.19. The predicted octanol–water partition coefficient (Wildman–Crippen LogP) is 1.17. The van der Waals surface area contributed by atoms with Crippen LogP contribution in [0.15, 0.2) is 12.4 Å². The maximum absolute atomic E-state index is 11.6. The number of carbonyl (C=O) groups is 1. The lowest BCUT2D eigenvalue weighted by Crippen LogP contribution is -2.57. The lowest BCUT2D eigenvalue weighted by atomic mass is 10.0. The summed E-state index contributed by atoms with van der Waals surface area (Å²) in [6, 6.07) is 2.39. The molecule has 0 spiro atoms. The van der Waals surface area contributed by atoms with Crippen molar-refractivity contribution in [3.8, 4) is 0 Å². The van der Waals surface area contributed by atoms with Crippen LogP contribution < -0.4 is 5.32 Å². The number of hydrogen-bond acceptors (Lipinski definition) is 5. The number of amides is 1. The van der Waals surface area contributed by atoms with Crippen LogP contribution in [0.2, 0.25) is 0 Å². The third-order valence-corrected chi connectivity index (χ3v) is 3.97. The summed E-state index contributed by atoms with van der Waals surface area (Å²) in [5, 5.41) is 3.41. The monoisotopic (exact) mass is 291 g/mol. The zero-order valence-electron chi connectivity index (χ0n) is 13.3. The van der Waals surface area contributed by atoms with E-state index in [9.17, 15) is 4.79 Å². The minimum absolute atomic E-state index is 0.148. The van der Waals surface area contributed by atoms with Crippen molar-refractivity contribution >= 4 is 11.7 Å². The molecule has 0 aromatic carbocycles. The van der Waals surface area contributed by atoms with Gasteiger partial charge in [0.05, 0.1) is 12.6 Å². The number of hydrogen-bond donors (Lipinski definition) is 1. The van der Waals surface area contributed by atoms with E-state index < -0.39 is 0 Å². The fourth-order valence-electron chi connectivity index (χ4n) is 2.26. The highest BCUT2D eigenvalue weighted by atomic mass is 16.2. The van der Waals surface area contributed by atoms with E-state index in [1.807, 2.05) is 6.07 Å². The van der Waals surface area contributed by atoms with Gasteiger partial charge in [0.2, 0.25) is 5.91 Å². The molecule has 1 saturated heterocycles. The molecule has 1 aromatic heterocycles. The molecule has 1 atom stereocenters. The Morgan fingerprint density at radius 1 is 1.48 bits per heavy atom. The van der Waals surface area contributed by atoms with Gasteiger partial charge in [0.15, 0.2) is 0 Å². The number of aromatic nitrogens is 2. The van der Waals surface area contributed by atoms with E-state index in [4.69, 9.17) is 0 Å². The maximum Gasteiger partial charge on any atom is 0.236 e. The Morgan fingerprint density at radius 3 is 2.81 bits per heavy atom. The first-order valence-electron chi connectivity index (χ1n) is 7.50. The quantitative estimate of drug-likeness (QED) is 0.852. The Balaban J connectivity index is 1.81. The number of likely N-dealkylation sites (tertiary alicyclic amines) is 1. The van der Waals surface area contributed by atoms with E-state index >= 15 is 0 Å². The number of nitrogens with zero attached hydrogens (tertiary/aromatic N) is 4. The summed E-state index contributed by atoms with van der Waals surface area (Å²) in [7, 11) is 3.57. The van der Waals surface area contributed by atoms with Crippen molar-refractivity contribution in [1.82, 2.24) is 19.8 Å². The van der Waals surface area contributed by atoms with E-state index in [1.54, 1.807) is 25.3 Å². The zero-order chi connectivity index (χ0) is 15.4. The SMILES string of the molecule is CCC(C)c1cc(NC2CN(CC(=O)N(C)C)C2)ncn1. The predicted molar refractivity (Wildman–Crippen MR) is 83.3 cm³/mol. The summed E-state index contributed by atoms with van der Waals surface area (Å²) >= 11 is 0. The summed E-state index contributed by atoms with van der Waals surface area (Å²) in [6.45, 7) is 6.58. The minimum atomic E-state index is 0.148. The minimum Gasteiger partial charge on any atom is -0.365 e. The van der Waals surface area contributed by atoms with E-state index in [2.05, 4.69) is 34.0 Å². The Morgan fingerprint density at radius 2 is 2.19 bits per heavy atom. The number of likely N-dealkylation sites (N-methyl/N-ethyl adjacent to an activating group) is 1. The van der Waals surface area contributed by atoms with E-state index in [-0.39, 0.29) is 5.91 Å². The fraction of sp³-hybridized carbons (Fsp3) is 0.667. The average molecular weight is 291 g/mol. The smallest absolute Gasteiger partial charge is 0.236 e. The van der Waals surface area contributed by atoms with Gasteiger partial charge in [-0.15, -0.1) is 0 Å². The van der Waals surface area contributed by atoms with Crippen LogP contribution in [0, 0.1) is 0 Å². The summed E-state index contributed by atoms with van der Waals surface area (Å²) in [4.78, 5) is 24.0. The third kappa shape index (κ3) is 4.14. The second-order valence-electron chi connectivity index (χ2n) is 5.96. The van der Waals surface area contributed by atoms with Gasteiger partial charge in [-0.1, -0.05) is 13.8 Å². The molecule has 0 saturated carbocycles. The summed E-state index contributed by atoms with van der Waals surface area (Å²) in [6.07, 6.45) is 2.69. The molecule has 1 unspecified atom stereocenters. The molecule has 2 rings (SSSR count). The molecule has 2 heterocycles. The van der Waals surface area contributed by atoms with Gasteiger partial charge in [-0.05, 0) is 12.3 Å². The van der Waals surface area contributed by atoms with Crippen molar-refractivity contribution in [3.05, 3.63) is 18.1 Å². The summed E-state index contributed by atoms with van der Waals surface area (Å²) < 4.78 is 0. The molecule has 1 amide bonds. The van der Waals surface area contributed by atoms with Crippen LogP contribution in [-0.4, -0.2) is 65.4 Å². The normalized spacial score (nSPS) is 17.1. The molecule has 1 aromatic rings. The van der Waals surface area contributed by atoms with Crippen LogP contribution in [0.5, 0.6) is 0 Å². The van der Waals surface area contributed by atoms with Gasteiger partial charge >= 0.3 is 0 Å². The molecule has 1 fully saturated rings. The fourth-order valence-corrected chi connectivity index (χ4v) is 2.26. The third-order valence-electron chi connectivity index (χ3n) is 3.97. The Kier molecular flexibility index (Phi) is 5.12. The van der Waals surface area contributed by atoms with Gasteiger partial charge in [0.1, 0.15) is 12.1 Å². The average Bonchev–Trinajstić information content (AvgIpc) is 2.44. The molecule has 0 aliphatic carbocycles. The second-order valence-corrected chi connectivity index (χ2v) is 5.96. The topological polar surface area (TPSA) is 61.4 Å². The first kappa shape index (κ1) is 15.7. The lowest BCUT2D eigenvalue weighted by Gasteiger charge is -2.39. The van der Waals surface area contributed by atoms with Crippen LogP contribution >= 0.6 is 0 Å². The molecule has 1 aliphatic rings. The first-order valence-corrected chi connectivity index (χ1v) is 7.50. The highest BCUT2D eigenvalue weighted by molar-refractivity contribution is 5.77. The van der Waals surface area contributed by atoms with Crippen LogP contribution in [0.1, 0.15) is 31.9 Å².